The Bertz CT molecular complexity index is 350. The molecule has 1 aliphatic rings. The van der Waals surface area contributed by atoms with Gasteiger partial charge in [-0.15, -0.1) is 23.7 Å². The summed E-state index contributed by atoms with van der Waals surface area (Å²) in [4.78, 5) is 10.2. The number of thiazole rings is 1. The Morgan fingerprint density at radius 3 is 2.72 bits per heavy atom. The summed E-state index contributed by atoms with van der Waals surface area (Å²) in [5, 5.41) is 0.674. The number of hydrogen-bond donors (Lipinski definition) is 1. The molecule has 0 aliphatic carbocycles. The lowest BCUT2D eigenvalue weighted by atomic mass is 9.97. The van der Waals surface area contributed by atoms with Crippen molar-refractivity contribution in [3.8, 4) is 0 Å². The van der Waals surface area contributed by atoms with Gasteiger partial charge in [0.05, 0.1) is 0 Å². The highest BCUT2D eigenvalue weighted by molar-refractivity contribution is 7.15. The summed E-state index contributed by atoms with van der Waals surface area (Å²) in [6, 6.07) is 0. The number of piperidine rings is 1. The minimum atomic E-state index is 0. The summed E-state index contributed by atoms with van der Waals surface area (Å²) < 4.78 is 0. The van der Waals surface area contributed by atoms with Gasteiger partial charge in [0.1, 0.15) is 0 Å². The molecule has 104 valence electrons. The van der Waals surface area contributed by atoms with Gasteiger partial charge in [-0.25, -0.2) is 4.98 Å². The number of aromatic nitrogens is 1. The fourth-order valence-electron chi connectivity index (χ4n) is 2.41. The average molecular weight is 291 g/mol. The van der Waals surface area contributed by atoms with E-state index in [-0.39, 0.29) is 12.4 Å². The topological polar surface area (TPSA) is 45.4 Å². The van der Waals surface area contributed by atoms with Crippen LogP contribution in [0.2, 0.25) is 0 Å². The van der Waals surface area contributed by atoms with Crippen LogP contribution in [0.5, 0.6) is 0 Å². The molecule has 0 radical (unpaired) electrons. The summed E-state index contributed by atoms with van der Waals surface area (Å²) in [5.41, 5.74) is 5.64. The molecular weight excluding hydrogens is 268 g/mol. The monoisotopic (exact) mass is 290 g/mol. The maximum atomic E-state index is 5.64. The fourth-order valence-corrected chi connectivity index (χ4v) is 3.18. The molecule has 2 rings (SSSR count). The Balaban J connectivity index is 0.00000162. The van der Waals surface area contributed by atoms with Crippen LogP contribution < -0.4 is 5.73 Å². The van der Waals surface area contributed by atoms with Crippen molar-refractivity contribution in [2.24, 2.45) is 5.92 Å². The second-order valence-corrected chi connectivity index (χ2v) is 6.25. The molecule has 0 aromatic carbocycles. The predicted octanol–water partition coefficient (Wildman–Crippen LogP) is 1.92. The third kappa shape index (κ3) is 4.72. The van der Waals surface area contributed by atoms with Crippen LogP contribution in [-0.2, 0) is 6.54 Å². The van der Waals surface area contributed by atoms with E-state index in [0.717, 1.165) is 12.5 Å². The van der Waals surface area contributed by atoms with Crippen LogP contribution in [0.4, 0.5) is 5.13 Å². The second kappa shape index (κ2) is 7.28. The summed E-state index contributed by atoms with van der Waals surface area (Å²) in [6.07, 6.45) is 4.54. The summed E-state index contributed by atoms with van der Waals surface area (Å²) in [7, 11) is 4.40. The lowest BCUT2D eigenvalue weighted by molar-refractivity contribution is 0.174. The van der Waals surface area contributed by atoms with Crippen LogP contribution >= 0.6 is 23.7 Å². The highest BCUT2D eigenvalue weighted by atomic mass is 35.5. The quantitative estimate of drug-likeness (QED) is 0.920. The molecule has 0 spiro atoms. The number of nitrogens with two attached hydrogens (primary N) is 1. The summed E-state index contributed by atoms with van der Waals surface area (Å²) in [6.45, 7) is 4.64. The van der Waals surface area contributed by atoms with Crippen LogP contribution in [0.15, 0.2) is 6.20 Å². The highest BCUT2D eigenvalue weighted by Crippen LogP contribution is 2.20. The molecular formula is C12H23ClN4S. The molecule has 0 amide bonds. The molecule has 4 nitrogen and oxygen atoms in total. The van der Waals surface area contributed by atoms with E-state index in [4.69, 9.17) is 5.73 Å². The number of hydrogen-bond acceptors (Lipinski definition) is 5. The number of halogens is 1. The number of anilines is 1. The Morgan fingerprint density at radius 2 is 2.17 bits per heavy atom. The van der Waals surface area contributed by atoms with Gasteiger partial charge in [-0.3, -0.25) is 0 Å². The smallest absolute Gasteiger partial charge is 0.180 e. The van der Waals surface area contributed by atoms with Gasteiger partial charge in [-0.05, 0) is 45.9 Å². The minimum Gasteiger partial charge on any atom is -0.375 e. The number of likely N-dealkylation sites (tertiary alicyclic amines) is 1. The lowest BCUT2D eigenvalue weighted by Gasteiger charge is -2.31. The zero-order valence-corrected chi connectivity index (χ0v) is 12.8. The molecule has 2 N–H and O–H groups in total. The van der Waals surface area contributed by atoms with Crippen LogP contribution in [0.1, 0.15) is 17.7 Å². The van der Waals surface area contributed by atoms with Gasteiger partial charge in [-0.1, -0.05) is 0 Å². The van der Waals surface area contributed by atoms with E-state index in [9.17, 15) is 0 Å². The maximum absolute atomic E-state index is 5.64. The van der Waals surface area contributed by atoms with Crippen molar-refractivity contribution in [3.63, 3.8) is 0 Å². The van der Waals surface area contributed by atoms with E-state index in [2.05, 4.69) is 28.9 Å². The zero-order chi connectivity index (χ0) is 12.3. The third-order valence-corrected chi connectivity index (χ3v) is 4.22. The van der Waals surface area contributed by atoms with E-state index in [1.165, 1.54) is 37.4 Å². The van der Waals surface area contributed by atoms with Crippen molar-refractivity contribution in [3.05, 3.63) is 11.1 Å². The standard InChI is InChI=1S/C12H22N4S.ClH/c1-15-5-3-10(4-6-15)8-16(2)9-11-7-14-12(13)17-11;/h7,10H,3-6,8-9H2,1-2H3,(H2,13,14);1H. The molecule has 18 heavy (non-hydrogen) atoms. The predicted molar refractivity (Wildman–Crippen MR) is 80.3 cm³/mol. The second-order valence-electron chi connectivity index (χ2n) is 5.11. The first-order valence-electron chi connectivity index (χ1n) is 6.21. The van der Waals surface area contributed by atoms with E-state index < -0.39 is 0 Å². The molecule has 1 aromatic heterocycles. The normalized spacial score (nSPS) is 17.9. The van der Waals surface area contributed by atoms with Gasteiger partial charge in [0.15, 0.2) is 5.13 Å². The maximum Gasteiger partial charge on any atom is 0.180 e. The van der Waals surface area contributed by atoms with Gasteiger partial charge in [0.25, 0.3) is 0 Å². The SMILES string of the molecule is CN1CCC(CN(C)Cc2cnc(N)s2)CC1.Cl. The summed E-state index contributed by atoms with van der Waals surface area (Å²) in [5.74, 6) is 0.849. The molecule has 0 atom stereocenters. The summed E-state index contributed by atoms with van der Waals surface area (Å²) >= 11 is 1.60. The van der Waals surface area contributed by atoms with Crippen molar-refractivity contribution < 1.29 is 0 Å². The lowest BCUT2D eigenvalue weighted by Crippen LogP contribution is -2.35. The third-order valence-electron chi connectivity index (χ3n) is 3.41. The van der Waals surface area contributed by atoms with E-state index in [1.807, 2.05) is 6.20 Å². The fraction of sp³-hybridized carbons (Fsp3) is 0.750. The van der Waals surface area contributed by atoms with Crippen molar-refractivity contribution in [2.75, 3.05) is 39.5 Å². The highest BCUT2D eigenvalue weighted by Gasteiger charge is 2.18. The largest absolute Gasteiger partial charge is 0.375 e. The Labute approximate surface area is 120 Å². The average Bonchev–Trinajstić information content (AvgIpc) is 2.67. The molecule has 2 heterocycles. The van der Waals surface area contributed by atoms with E-state index in [1.54, 1.807) is 11.3 Å². The Hall–Kier alpha value is -0.360. The molecule has 1 aromatic rings. The molecule has 1 fully saturated rings. The van der Waals surface area contributed by atoms with Gasteiger partial charge in [0.2, 0.25) is 0 Å². The zero-order valence-electron chi connectivity index (χ0n) is 11.1. The van der Waals surface area contributed by atoms with Crippen LogP contribution in [-0.4, -0.2) is 48.5 Å². The molecule has 0 unspecified atom stereocenters. The van der Waals surface area contributed by atoms with Crippen LogP contribution in [0, 0.1) is 5.92 Å². The minimum absolute atomic E-state index is 0. The van der Waals surface area contributed by atoms with Gasteiger partial charge < -0.3 is 15.5 Å². The molecule has 0 bridgehead atoms. The molecule has 0 saturated carbocycles. The Kier molecular flexibility index (Phi) is 6.35. The van der Waals surface area contributed by atoms with Crippen LogP contribution in [0.25, 0.3) is 0 Å². The van der Waals surface area contributed by atoms with Crippen molar-refractivity contribution >= 4 is 28.9 Å². The number of rotatable bonds is 4. The molecule has 1 aliphatic heterocycles. The van der Waals surface area contributed by atoms with Gasteiger partial charge >= 0.3 is 0 Å². The van der Waals surface area contributed by atoms with Gasteiger partial charge in [-0.2, -0.15) is 0 Å². The first-order chi connectivity index (χ1) is 8.13. The van der Waals surface area contributed by atoms with E-state index >= 15 is 0 Å². The molecule has 6 heteroatoms. The van der Waals surface area contributed by atoms with Crippen molar-refractivity contribution in [1.82, 2.24) is 14.8 Å². The first-order valence-corrected chi connectivity index (χ1v) is 7.02. The number of nitrogen functional groups attached to an aromatic ring is 1. The van der Waals surface area contributed by atoms with Gasteiger partial charge in [0, 0.05) is 24.2 Å². The Morgan fingerprint density at radius 1 is 1.50 bits per heavy atom. The van der Waals surface area contributed by atoms with E-state index in [0.29, 0.717) is 5.13 Å². The first kappa shape index (κ1) is 15.7. The van der Waals surface area contributed by atoms with Crippen LogP contribution in [0.3, 0.4) is 0 Å². The molecule has 1 saturated heterocycles. The van der Waals surface area contributed by atoms with Crippen molar-refractivity contribution in [1.29, 1.82) is 0 Å². The van der Waals surface area contributed by atoms with Crippen molar-refractivity contribution in [2.45, 2.75) is 19.4 Å². The number of nitrogens with zero attached hydrogens (tertiary/aromatic N) is 3.